The summed E-state index contributed by atoms with van der Waals surface area (Å²) in [6.45, 7) is 1.93. The van der Waals surface area contributed by atoms with Gasteiger partial charge in [0.2, 0.25) is 20.0 Å². The molecule has 0 radical (unpaired) electrons. The number of nitrogens with two attached hydrogens (primary N) is 2. The summed E-state index contributed by atoms with van der Waals surface area (Å²) in [6.07, 6.45) is 1.85. The number of benzene rings is 1. The van der Waals surface area contributed by atoms with Crippen LogP contribution in [0.3, 0.4) is 0 Å². The maximum absolute atomic E-state index is 12.4. The van der Waals surface area contributed by atoms with Gasteiger partial charge >= 0.3 is 0 Å². The molecule has 1 atom stereocenters. The molecule has 7 nitrogen and oxygen atoms in total. The molecule has 9 heteroatoms. The summed E-state index contributed by atoms with van der Waals surface area (Å²) in [5.41, 5.74) is 4.96. The normalized spacial score (nSPS) is 19.2. The van der Waals surface area contributed by atoms with Gasteiger partial charge in [0.15, 0.2) is 0 Å². The van der Waals surface area contributed by atoms with E-state index in [0.29, 0.717) is 0 Å². The van der Waals surface area contributed by atoms with Gasteiger partial charge in [-0.05, 0) is 43.9 Å². The van der Waals surface area contributed by atoms with Crippen LogP contribution < -0.4 is 15.6 Å². The fraction of sp³-hybridized carbons (Fsp3) is 0.500. The van der Waals surface area contributed by atoms with Crippen LogP contribution in [0.2, 0.25) is 0 Å². The maximum atomic E-state index is 12.4. The van der Waals surface area contributed by atoms with Gasteiger partial charge in [-0.25, -0.2) is 26.7 Å². The Balaban J connectivity index is 2.36. The Morgan fingerprint density at radius 3 is 2.29 bits per heavy atom. The molecule has 0 heterocycles. The zero-order chi connectivity index (χ0) is 15.9. The van der Waals surface area contributed by atoms with Crippen molar-refractivity contribution in [2.75, 3.05) is 6.54 Å². The average molecular weight is 333 g/mol. The van der Waals surface area contributed by atoms with E-state index in [-0.39, 0.29) is 22.3 Å². The molecule has 1 aromatic rings. The van der Waals surface area contributed by atoms with Gasteiger partial charge in [0.05, 0.1) is 9.79 Å². The van der Waals surface area contributed by atoms with E-state index in [0.717, 1.165) is 18.9 Å². The van der Waals surface area contributed by atoms with Crippen molar-refractivity contribution in [2.24, 2.45) is 16.8 Å². The summed E-state index contributed by atoms with van der Waals surface area (Å²) >= 11 is 0. The highest BCUT2D eigenvalue weighted by atomic mass is 32.2. The molecule has 1 aliphatic rings. The molecule has 0 bridgehead atoms. The lowest BCUT2D eigenvalue weighted by molar-refractivity contribution is 0.374. The molecule has 1 fully saturated rings. The maximum Gasteiger partial charge on any atom is 0.241 e. The molecular formula is C12H19N3O4S2. The molecule has 118 valence electrons. The van der Waals surface area contributed by atoms with Crippen LogP contribution in [0.5, 0.6) is 0 Å². The minimum absolute atomic E-state index is 0.144. The third-order valence-corrected chi connectivity index (χ3v) is 6.23. The molecule has 5 N–H and O–H groups in total. The monoisotopic (exact) mass is 333 g/mol. The molecule has 2 rings (SSSR count). The van der Waals surface area contributed by atoms with E-state index in [1.54, 1.807) is 6.92 Å². The Bertz CT molecular complexity index is 742. The van der Waals surface area contributed by atoms with Gasteiger partial charge in [0, 0.05) is 12.1 Å². The zero-order valence-corrected chi connectivity index (χ0v) is 13.2. The highest BCUT2D eigenvalue weighted by molar-refractivity contribution is 7.90. The minimum atomic E-state index is -3.96. The predicted octanol–water partition coefficient (Wildman–Crippen LogP) is -0.260. The first-order valence-corrected chi connectivity index (χ1v) is 9.48. The van der Waals surface area contributed by atoms with Crippen molar-refractivity contribution in [3.63, 3.8) is 0 Å². The van der Waals surface area contributed by atoms with E-state index in [1.165, 1.54) is 18.2 Å². The van der Waals surface area contributed by atoms with Crippen LogP contribution >= 0.6 is 0 Å². The summed E-state index contributed by atoms with van der Waals surface area (Å²) < 4.78 is 50.0. The Morgan fingerprint density at radius 2 is 1.81 bits per heavy atom. The van der Waals surface area contributed by atoms with Gasteiger partial charge in [-0.3, -0.25) is 0 Å². The lowest BCUT2D eigenvalue weighted by Crippen LogP contribution is -2.52. The number of sulfonamides is 2. The van der Waals surface area contributed by atoms with Crippen molar-refractivity contribution < 1.29 is 16.8 Å². The summed E-state index contributed by atoms with van der Waals surface area (Å²) in [5.74, 6) is 0.207. The lowest BCUT2D eigenvalue weighted by atomic mass is 9.98. The summed E-state index contributed by atoms with van der Waals surface area (Å²) in [5, 5.41) is 5.02. The zero-order valence-electron chi connectivity index (χ0n) is 11.6. The number of nitrogens with one attached hydrogen (secondary N) is 1. The second-order valence-electron chi connectivity index (χ2n) is 5.52. The third kappa shape index (κ3) is 3.61. The van der Waals surface area contributed by atoms with Crippen LogP contribution in [0.1, 0.15) is 19.8 Å². The number of hydrogen-bond donors (Lipinski definition) is 3. The molecule has 1 aliphatic carbocycles. The van der Waals surface area contributed by atoms with Gasteiger partial charge in [0.25, 0.3) is 0 Å². The molecule has 0 amide bonds. The van der Waals surface area contributed by atoms with Crippen molar-refractivity contribution in [3.05, 3.63) is 24.3 Å². The molecular weight excluding hydrogens is 314 g/mol. The standard InChI is InChI=1S/C12H19N3O4S2/c1-12(8-13,9-5-6-9)15-21(18,19)11-4-2-3-10(7-11)20(14,16)17/h2-4,7,9,15H,5-6,8,13H2,1H3,(H2,14,16,17). The number of rotatable bonds is 6. The fourth-order valence-corrected chi connectivity index (χ4v) is 4.35. The van der Waals surface area contributed by atoms with Crippen LogP contribution in [-0.2, 0) is 20.0 Å². The van der Waals surface area contributed by atoms with Crippen molar-refractivity contribution in [3.8, 4) is 0 Å². The van der Waals surface area contributed by atoms with Gasteiger partial charge < -0.3 is 5.73 Å². The van der Waals surface area contributed by atoms with Crippen molar-refractivity contribution in [1.29, 1.82) is 0 Å². The van der Waals surface area contributed by atoms with Crippen LogP contribution in [-0.4, -0.2) is 28.9 Å². The summed E-state index contributed by atoms with van der Waals surface area (Å²) in [4.78, 5) is -0.388. The molecule has 1 aromatic carbocycles. The molecule has 0 aromatic heterocycles. The largest absolute Gasteiger partial charge is 0.329 e. The molecule has 0 saturated heterocycles. The highest BCUT2D eigenvalue weighted by Gasteiger charge is 2.43. The Labute approximate surface area is 124 Å². The average Bonchev–Trinajstić information content (AvgIpc) is 3.22. The first-order valence-electron chi connectivity index (χ1n) is 6.45. The van der Waals surface area contributed by atoms with Gasteiger partial charge in [-0.15, -0.1) is 0 Å². The van der Waals surface area contributed by atoms with Crippen molar-refractivity contribution in [1.82, 2.24) is 4.72 Å². The minimum Gasteiger partial charge on any atom is -0.329 e. The quantitative estimate of drug-likeness (QED) is 0.660. The predicted molar refractivity (Wildman–Crippen MR) is 78.3 cm³/mol. The van der Waals surface area contributed by atoms with E-state index in [4.69, 9.17) is 10.9 Å². The molecule has 1 unspecified atom stereocenters. The smallest absolute Gasteiger partial charge is 0.241 e. The van der Waals surface area contributed by atoms with E-state index in [9.17, 15) is 16.8 Å². The van der Waals surface area contributed by atoms with E-state index in [2.05, 4.69) is 4.72 Å². The highest BCUT2D eigenvalue weighted by Crippen LogP contribution is 2.39. The first kappa shape index (κ1) is 16.4. The lowest BCUT2D eigenvalue weighted by Gasteiger charge is -2.29. The third-order valence-electron chi connectivity index (χ3n) is 3.71. The van der Waals surface area contributed by atoms with Crippen molar-refractivity contribution >= 4 is 20.0 Å². The Hall–Kier alpha value is -1.00. The van der Waals surface area contributed by atoms with Gasteiger partial charge in [0.1, 0.15) is 0 Å². The van der Waals surface area contributed by atoms with Crippen LogP contribution in [0.25, 0.3) is 0 Å². The molecule has 0 spiro atoms. The van der Waals surface area contributed by atoms with Gasteiger partial charge in [-0.2, -0.15) is 0 Å². The number of hydrogen-bond acceptors (Lipinski definition) is 5. The van der Waals surface area contributed by atoms with Crippen LogP contribution in [0.15, 0.2) is 34.1 Å². The molecule has 21 heavy (non-hydrogen) atoms. The number of primary sulfonamides is 1. The van der Waals surface area contributed by atoms with Crippen LogP contribution in [0.4, 0.5) is 0 Å². The molecule has 0 aliphatic heterocycles. The van der Waals surface area contributed by atoms with E-state index < -0.39 is 25.6 Å². The van der Waals surface area contributed by atoms with Crippen molar-refractivity contribution in [2.45, 2.75) is 35.1 Å². The van der Waals surface area contributed by atoms with Crippen LogP contribution in [0, 0.1) is 5.92 Å². The van der Waals surface area contributed by atoms with E-state index >= 15 is 0 Å². The second-order valence-corrected chi connectivity index (χ2v) is 8.77. The SMILES string of the molecule is CC(CN)(NS(=O)(=O)c1cccc(S(N)(=O)=O)c1)C1CC1. The fourth-order valence-electron chi connectivity index (χ4n) is 2.20. The van der Waals surface area contributed by atoms with Gasteiger partial charge in [-0.1, -0.05) is 6.07 Å². The Kier molecular flexibility index (Phi) is 4.15. The summed E-state index contributed by atoms with van der Waals surface area (Å²) in [7, 11) is -7.82. The summed E-state index contributed by atoms with van der Waals surface area (Å²) in [6, 6.07) is 4.95. The Morgan fingerprint density at radius 1 is 1.24 bits per heavy atom. The molecule has 1 saturated carbocycles. The second kappa shape index (κ2) is 5.33. The topological polar surface area (TPSA) is 132 Å². The van der Waals surface area contributed by atoms with E-state index in [1.807, 2.05) is 0 Å². The first-order chi connectivity index (χ1) is 9.58.